The third-order valence-corrected chi connectivity index (χ3v) is 25.0. The van der Waals surface area contributed by atoms with Gasteiger partial charge in [0.2, 0.25) is 29.8 Å². The van der Waals surface area contributed by atoms with E-state index in [0.717, 1.165) is 138 Å². The molecule has 21 rings (SSSR count). The van der Waals surface area contributed by atoms with Crippen molar-refractivity contribution in [3.8, 4) is 45.0 Å². The van der Waals surface area contributed by atoms with Gasteiger partial charge in [-0.05, 0) is 170 Å². The van der Waals surface area contributed by atoms with Crippen LogP contribution in [0.1, 0.15) is 174 Å². The first-order valence-electron chi connectivity index (χ1n) is 45.5. The van der Waals surface area contributed by atoms with Crippen LogP contribution in [0, 0.1) is 31.4 Å². The lowest BCUT2D eigenvalue weighted by Crippen LogP contribution is -2.48. The van der Waals surface area contributed by atoms with Gasteiger partial charge in [-0.2, -0.15) is 24.8 Å². The molecule has 0 aliphatic carbocycles. The Morgan fingerprint density at radius 3 is 1.07 bits per heavy atom. The molecule has 0 radical (unpaired) electrons. The smallest absolute Gasteiger partial charge is 0.267 e. The van der Waals surface area contributed by atoms with Gasteiger partial charge in [0.25, 0.3) is 23.6 Å². The summed E-state index contributed by atoms with van der Waals surface area (Å²) in [4.78, 5) is 104. The van der Waals surface area contributed by atoms with Crippen LogP contribution in [-0.4, -0.2) is 203 Å². The summed E-state index contributed by atoms with van der Waals surface area (Å²) in [5.74, 6) is 2.78. The zero-order chi connectivity index (χ0) is 95.2. The van der Waals surface area contributed by atoms with E-state index in [9.17, 15) is 32.3 Å². The van der Waals surface area contributed by atoms with E-state index in [2.05, 4.69) is 151 Å². The highest BCUT2D eigenvalue weighted by atomic mass is 19.2. The molecule has 0 spiro atoms. The Balaban J connectivity index is 0.000000120. The molecular weight excluding hydrogens is 1710 g/mol. The van der Waals surface area contributed by atoms with Gasteiger partial charge in [-0.25, -0.2) is 38.4 Å². The fourth-order valence-corrected chi connectivity index (χ4v) is 18.3. The second-order valence-corrected chi connectivity index (χ2v) is 37.8. The summed E-state index contributed by atoms with van der Waals surface area (Å²) in [5.41, 5.74) is 18.4. The number of carbonyl (C=O) groups excluding carboxylic acids is 4. The van der Waals surface area contributed by atoms with Crippen molar-refractivity contribution in [2.24, 2.45) is 20.0 Å². The second kappa shape index (κ2) is 35.5. The van der Waals surface area contributed by atoms with Crippen LogP contribution in [0.15, 0.2) is 214 Å². The SMILES string of the molecule is CCCc1c2c(nn1Cc1ccc(-c3ccc(C)cn3)cc1)N1CC(C)(C)N=C1N(C)C2=O.CCc1c2c(nn1Cc1ccc(-c3ccc(C)cn3)cc1)N1CC(C)(C)N=C1N(C)C2=O.CCc1c2c(nn1Cc1ccc(-c3cccc(F)n3)cc1)N1CC(C)(C)N=C1N(C)C2=O.CN1C(=O)c2c(nn(Cc3ccc(-c4ccccn4)cc3)c2Nc2ccc(F)c(F)c2)N2CC(C)(C)N=C12. The Morgan fingerprint density at radius 2 is 0.711 bits per heavy atom. The number of aromatic nitrogens is 12. The number of pyridine rings is 4. The zero-order valence-electron chi connectivity index (χ0n) is 79.0. The Hall–Kier alpha value is -15.1. The number of rotatable bonds is 18. The van der Waals surface area contributed by atoms with E-state index in [-0.39, 0.29) is 40.2 Å². The molecule has 0 saturated heterocycles. The summed E-state index contributed by atoms with van der Waals surface area (Å²) < 4.78 is 48.7. The Labute approximate surface area is 782 Å². The first-order chi connectivity index (χ1) is 64.5. The normalized spacial score (nSPS) is 16.5. The van der Waals surface area contributed by atoms with Crippen LogP contribution in [0.2, 0.25) is 0 Å². The van der Waals surface area contributed by atoms with E-state index in [1.54, 1.807) is 58.9 Å². The predicted octanol–water partition coefficient (Wildman–Crippen LogP) is 17.0. The Bertz CT molecular complexity index is 6930. The van der Waals surface area contributed by atoms with Gasteiger partial charge in [-0.3, -0.25) is 87.4 Å². The summed E-state index contributed by atoms with van der Waals surface area (Å²) in [7, 11) is 7.05. The molecule has 16 heterocycles. The van der Waals surface area contributed by atoms with Crippen molar-refractivity contribution in [2.45, 2.75) is 164 Å². The minimum Gasteiger partial charge on any atom is -0.340 e. The van der Waals surface area contributed by atoms with Crippen LogP contribution in [-0.2, 0) is 45.4 Å². The number of guanidine groups is 4. The fourth-order valence-electron chi connectivity index (χ4n) is 18.3. The average molecular weight is 1820 g/mol. The number of halogens is 3. The maximum absolute atomic E-state index is 14.0. The summed E-state index contributed by atoms with van der Waals surface area (Å²) in [6.07, 6.45) is 8.69. The van der Waals surface area contributed by atoms with Gasteiger partial charge in [0.05, 0.1) is 114 Å². The number of benzene rings is 5. The molecule has 0 unspecified atom stereocenters. The molecule has 4 amide bonds. The van der Waals surface area contributed by atoms with Crippen molar-refractivity contribution in [1.29, 1.82) is 0 Å². The monoisotopic (exact) mass is 1820 g/mol. The van der Waals surface area contributed by atoms with Gasteiger partial charge in [0.15, 0.2) is 34.9 Å². The number of nitrogens with one attached hydrogen (secondary N) is 1. The number of aryl methyl sites for hydroxylation is 2. The summed E-state index contributed by atoms with van der Waals surface area (Å²) in [5, 5.41) is 22.7. The maximum Gasteiger partial charge on any atom is 0.267 e. The number of nitrogens with zero attached hydrogens (tertiary/aromatic N) is 24. The molecule has 0 fully saturated rings. The van der Waals surface area contributed by atoms with Crippen LogP contribution in [0.4, 0.5) is 47.9 Å². The highest BCUT2D eigenvalue weighted by Crippen LogP contribution is 2.44. The molecular formula is C103H108F3N25O4. The zero-order valence-corrected chi connectivity index (χ0v) is 79.0. The molecule has 5 aromatic carbocycles. The third-order valence-electron chi connectivity index (χ3n) is 25.0. The number of hydrogen-bond donors (Lipinski definition) is 1. The molecule has 8 aromatic heterocycles. The van der Waals surface area contributed by atoms with E-state index in [1.807, 2.05) is 157 Å². The number of carbonyl (C=O) groups is 4. The van der Waals surface area contributed by atoms with Crippen LogP contribution in [0.5, 0.6) is 0 Å². The lowest BCUT2D eigenvalue weighted by atomic mass is 10.1. The molecule has 0 bridgehead atoms. The largest absolute Gasteiger partial charge is 0.340 e. The van der Waals surface area contributed by atoms with Crippen molar-refractivity contribution < 1.29 is 32.3 Å². The molecule has 13 aromatic rings. The molecule has 29 nitrogen and oxygen atoms in total. The van der Waals surface area contributed by atoms with Crippen molar-refractivity contribution >= 4 is 82.2 Å². The molecule has 8 aliphatic rings. The van der Waals surface area contributed by atoms with Gasteiger partial charge >= 0.3 is 0 Å². The van der Waals surface area contributed by atoms with E-state index in [1.165, 1.54) is 17.0 Å². The predicted molar refractivity (Wildman–Crippen MR) is 520 cm³/mol. The van der Waals surface area contributed by atoms with Gasteiger partial charge in [-0.15, -0.1) is 0 Å². The van der Waals surface area contributed by atoms with Crippen LogP contribution in [0.25, 0.3) is 45.0 Å². The van der Waals surface area contributed by atoms with E-state index >= 15 is 0 Å². The van der Waals surface area contributed by atoms with Crippen LogP contribution >= 0.6 is 0 Å². The fraction of sp³-hybridized carbons (Fsp3) is 0.320. The Kier molecular flexibility index (Phi) is 23.7. The van der Waals surface area contributed by atoms with Gasteiger partial charge in [0, 0.05) is 80.8 Å². The second-order valence-electron chi connectivity index (χ2n) is 37.8. The number of aliphatic imine (C=N–C) groups is 4. The maximum atomic E-state index is 14.0. The van der Waals surface area contributed by atoms with Gasteiger partial charge in [0.1, 0.15) is 28.1 Å². The lowest BCUT2D eigenvalue weighted by molar-refractivity contribution is 0.0856. The molecule has 1 N–H and O–H groups in total. The molecule has 135 heavy (non-hydrogen) atoms. The molecule has 0 saturated carbocycles. The summed E-state index contributed by atoms with van der Waals surface area (Å²) in [6.45, 7) is 31.5. The third kappa shape index (κ3) is 17.7. The lowest BCUT2D eigenvalue weighted by Gasteiger charge is -2.30. The minimum atomic E-state index is -0.987. The molecule has 8 aliphatic heterocycles. The molecule has 32 heteroatoms. The highest BCUT2D eigenvalue weighted by Gasteiger charge is 2.50. The van der Waals surface area contributed by atoms with Gasteiger partial charge in [-0.1, -0.05) is 149 Å². The van der Waals surface area contributed by atoms with Crippen LogP contribution in [0.3, 0.4) is 0 Å². The van der Waals surface area contributed by atoms with E-state index < -0.39 is 23.1 Å². The topological polar surface area (TPSA) is 279 Å². The first-order valence-corrected chi connectivity index (χ1v) is 45.5. The number of fused-ring (bicyclic) bond motifs is 12. The summed E-state index contributed by atoms with van der Waals surface area (Å²) in [6, 6.07) is 54.9. The minimum absolute atomic E-state index is 0.0202. The van der Waals surface area contributed by atoms with Crippen molar-refractivity contribution in [1.82, 2.24) is 78.7 Å². The van der Waals surface area contributed by atoms with Crippen molar-refractivity contribution in [3.05, 3.63) is 285 Å². The quantitative estimate of drug-likeness (QED) is 0.0781. The van der Waals surface area contributed by atoms with Crippen LogP contribution < -0.4 is 24.9 Å². The number of amides is 4. The number of anilines is 6. The summed E-state index contributed by atoms with van der Waals surface area (Å²) >= 11 is 0. The first kappa shape index (κ1) is 90.4. The van der Waals surface area contributed by atoms with Gasteiger partial charge < -0.3 is 5.32 Å². The van der Waals surface area contributed by atoms with E-state index in [0.29, 0.717) is 128 Å². The average Bonchev–Trinajstić information content (AvgIpc) is 1.59. The highest BCUT2D eigenvalue weighted by molar-refractivity contribution is 6.23. The van der Waals surface area contributed by atoms with Crippen molar-refractivity contribution in [3.63, 3.8) is 0 Å². The molecule has 0 atom stereocenters. The van der Waals surface area contributed by atoms with Crippen molar-refractivity contribution in [2.75, 3.05) is 79.3 Å². The standard InChI is InChI=1S/C28H25F2N7O.C26H30N6O.C25H28N6O.C24H25FN6O/c1-28(2)16-36-25-23(26(38)35(3)27(36)33-28)24(32-19-11-12-20(29)21(30)14-19)37(34-25)15-17-7-9-18(10-8-17)22-6-4-5-13-31-22;1-6-7-21-22-23(31-16-26(3,4)28-25(31)30(5)24(22)33)29-32(21)15-18-9-11-19(12-10-18)20-13-8-17(2)14-27-20;1-6-20-21-22(30-15-25(3,4)27-24(30)29(5)23(21)32)28-31(20)14-17-8-10-18(11-9-17)19-12-7-16(2)13-26-19;1-5-18-20-21(30-14-24(2,3)27-23(30)29(4)22(20)32)28-31(18)13-15-9-11-16(12-10-15)17-7-6-8-19(25)26-17/h4-14,32H,15-16H2,1-3H3;8-14H,6-7,15-16H2,1-5H3;7-13H,6,14-15H2,1-5H3;6-12H,5,13-14H2,1-4H3. The van der Waals surface area contributed by atoms with E-state index in [4.69, 9.17) is 40.4 Å². The number of hydrogen-bond acceptors (Lipinski definition) is 21. The molecule has 690 valence electrons. The Morgan fingerprint density at radius 1 is 0.363 bits per heavy atom.